The van der Waals surface area contributed by atoms with Crippen LogP contribution in [-0.2, 0) is 0 Å². The van der Waals surface area contributed by atoms with E-state index < -0.39 is 0 Å². The highest BCUT2D eigenvalue weighted by Gasteiger charge is 2.22. The molecule has 0 rings (SSSR count). The van der Waals surface area contributed by atoms with E-state index in [1.54, 1.807) is 0 Å². The summed E-state index contributed by atoms with van der Waals surface area (Å²) < 4.78 is 0. The first kappa shape index (κ1) is 15.0. The van der Waals surface area contributed by atoms with Gasteiger partial charge >= 0.3 is 0 Å². The van der Waals surface area contributed by atoms with Crippen molar-refractivity contribution < 1.29 is 5.21 Å². The van der Waals surface area contributed by atoms with Crippen LogP contribution in [-0.4, -0.2) is 24.1 Å². The number of amidine groups is 1. The molecule has 0 aromatic carbocycles. The molecular weight excluding hydrogens is 202 g/mol. The van der Waals surface area contributed by atoms with Crippen LogP contribution in [0.4, 0.5) is 0 Å². The van der Waals surface area contributed by atoms with Crippen LogP contribution in [0.1, 0.15) is 40.0 Å². The smallest absolute Gasteiger partial charge is 0.144 e. The van der Waals surface area contributed by atoms with E-state index in [0.717, 1.165) is 37.9 Å². The third-order valence-corrected chi connectivity index (χ3v) is 2.63. The van der Waals surface area contributed by atoms with Crippen LogP contribution in [0.3, 0.4) is 0 Å². The van der Waals surface area contributed by atoms with Crippen LogP contribution >= 0.6 is 0 Å². The molecule has 0 saturated heterocycles. The topological polar surface area (TPSA) is 70.6 Å². The fourth-order valence-electron chi connectivity index (χ4n) is 1.38. The van der Waals surface area contributed by atoms with Crippen molar-refractivity contribution in [1.82, 2.24) is 5.32 Å². The largest absolute Gasteiger partial charge is 0.409 e. The zero-order chi connectivity index (χ0) is 12.6. The van der Waals surface area contributed by atoms with Gasteiger partial charge in [-0.1, -0.05) is 37.6 Å². The zero-order valence-electron chi connectivity index (χ0n) is 10.7. The summed E-state index contributed by atoms with van der Waals surface area (Å²) in [6.45, 7) is 11.7. The molecule has 94 valence electrons. The molecule has 4 N–H and O–H groups in total. The lowest BCUT2D eigenvalue weighted by Gasteiger charge is -2.22. The van der Waals surface area contributed by atoms with Gasteiger partial charge in [-0.15, -0.1) is 0 Å². The van der Waals surface area contributed by atoms with E-state index in [2.05, 4.69) is 17.1 Å². The molecular formula is C12H25N3O. The molecule has 16 heavy (non-hydrogen) atoms. The molecule has 0 bridgehead atoms. The second-order valence-electron chi connectivity index (χ2n) is 4.96. The monoisotopic (exact) mass is 227 g/mol. The predicted octanol–water partition coefficient (Wildman–Crippen LogP) is 2.10. The van der Waals surface area contributed by atoms with E-state index in [0.29, 0.717) is 5.84 Å². The highest BCUT2D eigenvalue weighted by atomic mass is 16.4. The molecule has 0 radical (unpaired) electrons. The Hall–Kier alpha value is -1.03. The maximum Gasteiger partial charge on any atom is 0.144 e. The quantitative estimate of drug-likeness (QED) is 0.148. The molecule has 0 atom stereocenters. The molecule has 0 heterocycles. The average molecular weight is 227 g/mol. The highest BCUT2D eigenvalue weighted by Crippen LogP contribution is 2.22. The fraction of sp³-hybridized carbons (Fsp3) is 0.750. The molecule has 4 nitrogen and oxygen atoms in total. The van der Waals surface area contributed by atoms with Crippen LogP contribution in [0.5, 0.6) is 0 Å². The molecule has 0 aliphatic carbocycles. The SMILES string of the molecule is C=C(C)CNCCCCC(C)(C)C(N)=NO. The number of hydrogen-bond acceptors (Lipinski definition) is 3. The minimum atomic E-state index is -0.219. The number of nitrogens with two attached hydrogens (primary N) is 1. The van der Waals surface area contributed by atoms with Crippen LogP contribution in [0, 0.1) is 5.41 Å². The minimum absolute atomic E-state index is 0.219. The molecule has 4 heteroatoms. The number of nitrogens with zero attached hydrogens (tertiary/aromatic N) is 1. The maximum atomic E-state index is 8.61. The second kappa shape index (κ2) is 7.28. The Morgan fingerprint density at radius 1 is 1.44 bits per heavy atom. The molecule has 0 aromatic rings. The van der Waals surface area contributed by atoms with Gasteiger partial charge in [0, 0.05) is 12.0 Å². The van der Waals surface area contributed by atoms with Gasteiger partial charge in [0.15, 0.2) is 0 Å². The van der Waals surface area contributed by atoms with E-state index in [4.69, 9.17) is 10.9 Å². The van der Waals surface area contributed by atoms with Gasteiger partial charge in [0.2, 0.25) is 0 Å². The van der Waals surface area contributed by atoms with Crippen molar-refractivity contribution in [3.05, 3.63) is 12.2 Å². The Morgan fingerprint density at radius 2 is 2.06 bits per heavy atom. The van der Waals surface area contributed by atoms with Crippen molar-refractivity contribution >= 4 is 5.84 Å². The van der Waals surface area contributed by atoms with E-state index in [1.807, 2.05) is 20.8 Å². The summed E-state index contributed by atoms with van der Waals surface area (Å²) in [4.78, 5) is 0. The van der Waals surface area contributed by atoms with Gasteiger partial charge in [0.1, 0.15) is 5.84 Å². The Kier molecular flexibility index (Phi) is 6.81. The summed E-state index contributed by atoms with van der Waals surface area (Å²) in [5, 5.41) is 15.0. The summed E-state index contributed by atoms with van der Waals surface area (Å²) in [6.07, 6.45) is 3.08. The molecule has 0 aliphatic heterocycles. The van der Waals surface area contributed by atoms with Crippen molar-refractivity contribution in [3.63, 3.8) is 0 Å². The van der Waals surface area contributed by atoms with E-state index in [-0.39, 0.29) is 5.41 Å². The van der Waals surface area contributed by atoms with Gasteiger partial charge in [-0.25, -0.2) is 0 Å². The summed E-state index contributed by atoms with van der Waals surface area (Å²) >= 11 is 0. The number of oxime groups is 1. The maximum absolute atomic E-state index is 8.61. The third kappa shape index (κ3) is 6.45. The molecule has 0 aromatic heterocycles. The van der Waals surface area contributed by atoms with Crippen molar-refractivity contribution in [3.8, 4) is 0 Å². The first-order chi connectivity index (χ1) is 7.40. The summed E-state index contributed by atoms with van der Waals surface area (Å²) in [5.41, 5.74) is 6.53. The number of nitrogens with one attached hydrogen (secondary N) is 1. The molecule has 0 unspecified atom stereocenters. The predicted molar refractivity (Wildman–Crippen MR) is 68.7 cm³/mol. The van der Waals surface area contributed by atoms with Gasteiger partial charge in [-0.2, -0.15) is 0 Å². The normalized spacial score (nSPS) is 12.8. The van der Waals surface area contributed by atoms with Gasteiger partial charge < -0.3 is 16.3 Å². The van der Waals surface area contributed by atoms with Crippen molar-refractivity contribution in [2.75, 3.05) is 13.1 Å². The van der Waals surface area contributed by atoms with Crippen LogP contribution in [0.2, 0.25) is 0 Å². The number of unbranched alkanes of at least 4 members (excludes halogenated alkanes) is 1. The lowest BCUT2D eigenvalue weighted by Crippen LogP contribution is -2.32. The van der Waals surface area contributed by atoms with Gasteiger partial charge in [-0.05, 0) is 26.3 Å². The Bertz CT molecular complexity index is 247. The van der Waals surface area contributed by atoms with Crippen molar-refractivity contribution in [2.24, 2.45) is 16.3 Å². The summed E-state index contributed by atoms with van der Waals surface area (Å²) in [5.74, 6) is 0.308. The molecule has 0 aliphatic rings. The lowest BCUT2D eigenvalue weighted by molar-refractivity contribution is 0.304. The fourth-order valence-corrected chi connectivity index (χ4v) is 1.38. The lowest BCUT2D eigenvalue weighted by atomic mass is 9.86. The van der Waals surface area contributed by atoms with E-state index in [1.165, 1.54) is 0 Å². The van der Waals surface area contributed by atoms with Crippen molar-refractivity contribution in [2.45, 2.75) is 40.0 Å². The first-order valence-corrected chi connectivity index (χ1v) is 5.73. The van der Waals surface area contributed by atoms with Crippen LogP contribution < -0.4 is 11.1 Å². The first-order valence-electron chi connectivity index (χ1n) is 5.73. The third-order valence-electron chi connectivity index (χ3n) is 2.63. The highest BCUT2D eigenvalue weighted by molar-refractivity contribution is 5.85. The average Bonchev–Trinajstić information content (AvgIpc) is 2.21. The summed E-state index contributed by atoms with van der Waals surface area (Å²) in [7, 11) is 0. The van der Waals surface area contributed by atoms with Gasteiger partial charge in [0.25, 0.3) is 0 Å². The van der Waals surface area contributed by atoms with Gasteiger partial charge in [0.05, 0.1) is 0 Å². The van der Waals surface area contributed by atoms with E-state index in [9.17, 15) is 0 Å². The Balaban J connectivity index is 3.62. The standard InChI is InChI=1S/C12H25N3O/c1-10(2)9-14-8-6-5-7-12(3,4)11(13)15-16/h14,16H,1,5-9H2,2-4H3,(H2,13,15). The minimum Gasteiger partial charge on any atom is -0.409 e. The molecule has 0 fully saturated rings. The van der Waals surface area contributed by atoms with Crippen molar-refractivity contribution in [1.29, 1.82) is 0 Å². The molecule has 0 spiro atoms. The Labute approximate surface area is 98.6 Å². The van der Waals surface area contributed by atoms with Gasteiger partial charge in [-0.3, -0.25) is 0 Å². The molecule has 0 saturated carbocycles. The van der Waals surface area contributed by atoms with Crippen LogP contribution in [0.25, 0.3) is 0 Å². The number of hydrogen-bond donors (Lipinski definition) is 3. The summed E-state index contributed by atoms with van der Waals surface area (Å²) in [6, 6.07) is 0. The van der Waals surface area contributed by atoms with Crippen LogP contribution in [0.15, 0.2) is 17.3 Å². The number of rotatable bonds is 8. The zero-order valence-corrected chi connectivity index (χ0v) is 10.7. The molecule has 0 amide bonds. The van der Waals surface area contributed by atoms with E-state index >= 15 is 0 Å². The Morgan fingerprint density at radius 3 is 2.56 bits per heavy atom. The second-order valence-corrected chi connectivity index (χ2v) is 4.96.